The van der Waals surface area contributed by atoms with Crippen LogP contribution in [-0.2, 0) is 16.1 Å². The summed E-state index contributed by atoms with van der Waals surface area (Å²) in [7, 11) is 0. The van der Waals surface area contributed by atoms with Crippen molar-refractivity contribution in [1.82, 2.24) is 16.0 Å². The zero-order chi connectivity index (χ0) is 24.1. The van der Waals surface area contributed by atoms with Crippen molar-refractivity contribution in [3.8, 4) is 11.1 Å². The van der Waals surface area contributed by atoms with Crippen molar-refractivity contribution >= 4 is 17.7 Å². The summed E-state index contributed by atoms with van der Waals surface area (Å²) in [5, 5.41) is 9.05. The quantitative estimate of drug-likeness (QED) is 0.477. The molecule has 2 aliphatic heterocycles. The maximum atomic E-state index is 14.9. The Bertz CT molecular complexity index is 1120. The first-order chi connectivity index (χ1) is 16.4. The molecule has 0 aliphatic carbocycles. The Morgan fingerprint density at radius 1 is 1.24 bits per heavy atom. The number of allylic oxidation sites excluding steroid dienone is 2. The largest absolute Gasteiger partial charge is 0.442 e. The van der Waals surface area contributed by atoms with Gasteiger partial charge in [0.2, 0.25) is 5.91 Å². The molecule has 4 rings (SSSR count). The van der Waals surface area contributed by atoms with Crippen LogP contribution in [0.25, 0.3) is 11.1 Å². The molecule has 8 nitrogen and oxygen atoms in total. The van der Waals surface area contributed by atoms with Gasteiger partial charge in [0, 0.05) is 25.6 Å². The number of benzene rings is 2. The highest BCUT2D eigenvalue weighted by atomic mass is 19.1. The van der Waals surface area contributed by atoms with Crippen LogP contribution >= 0.6 is 0 Å². The summed E-state index contributed by atoms with van der Waals surface area (Å²) >= 11 is 0. The lowest BCUT2D eigenvalue weighted by molar-refractivity contribution is -0.119. The van der Waals surface area contributed by atoms with Crippen LogP contribution in [0.3, 0.4) is 0 Å². The summed E-state index contributed by atoms with van der Waals surface area (Å²) in [6.07, 6.45) is 4.52. The Labute approximate surface area is 197 Å². The number of cyclic esters (lactones) is 1. The van der Waals surface area contributed by atoms with Gasteiger partial charge in [-0.3, -0.25) is 9.69 Å². The summed E-state index contributed by atoms with van der Waals surface area (Å²) in [5.74, 6) is -0.632. The number of nitrogens with two attached hydrogens (primary N) is 1. The molecule has 5 N–H and O–H groups in total. The minimum absolute atomic E-state index is 0.184. The molecule has 1 fully saturated rings. The molecule has 1 unspecified atom stereocenters. The van der Waals surface area contributed by atoms with Gasteiger partial charge < -0.3 is 26.4 Å². The molecule has 0 radical (unpaired) electrons. The second-order valence-corrected chi connectivity index (χ2v) is 8.26. The van der Waals surface area contributed by atoms with E-state index in [1.807, 2.05) is 42.6 Å². The smallest absolute Gasteiger partial charge is 0.414 e. The SMILES string of the molecule is CC(=O)NC[C@H]1CN(c2ccc(-c3ccc(CNCC4=CC=CNC4N)cc3)c(F)c2)C(=O)O1. The number of halogens is 1. The van der Waals surface area contributed by atoms with Crippen LogP contribution < -0.4 is 26.6 Å². The first-order valence-electron chi connectivity index (χ1n) is 11.1. The van der Waals surface area contributed by atoms with E-state index < -0.39 is 18.0 Å². The molecule has 0 bridgehead atoms. The number of hydrogen-bond donors (Lipinski definition) is 4. The summed E-state index contributed by atoms with van der Waals surface area (Å²) in [6.45, 7) is 3.19. The number of rotatable bonds is 8. The molecule has 2 aliphatic rings. The molecule has 2 aromatic carbocycles. The van der Waals surface area contributed by atoms with Crippen LogP contribution in [-0.4, -0.2) is 43.9 Å². The fraction of sp³-hybridized carbons (Fsp3) is 0.280. The van der Waals surface area contributed by atoms with E-state index >= 15 is 0 Å². The Balaban J connectivity index is 1.36. The van der Waals surface area contributed by atoms with E-state index in [1.54, 1.807) is 12.1 Å². The maximum absolute atomic E-state index is 14.9. The van der Waals surface area contributed by atoms with Crippen LogP contribution in [0.1, 0.15) is 12.5 Å². The van der Waals surface area contributed by atoms with Crippen molar-refractivity contribution in [3.63, 3.8) is 0 Å². The number of ether oxygens (including phenoxy) is 1. The van der Waals surface area contributed by atoms with Crippen LogP contribution in [0.15, 0.2) is 66.4 Å². The molecule has 2 heterocycles. The number of nitrogens with zero attached hydrogens (tertiary/aromatic N) is 1. The van der Waals surface area contributed by atoms with Crippen LogP contribution in [0.5, 0.6) is 0 Å². The second-order valence-electron chi connectivity index (χ2n) is 8.26. The highest BCUT2D eigenvalue weighted by molar-refractivity contribution is 5.90. The molecular weight excluding hydrogens is 437 g/mol. The third-order valence-corrected chi connectivity index (χ3v) is 5.72. The van der Waals surface area contributed by atoms with E-state index in [4.69, 9.17) is 10.5 Å². The highest BCUT2D eigenvalue weighted by Gasteiger charge is 2.32. The zero-order valence-electron chi connectivity index (χ0n) is 18.9. The number of hydrogen-bond acceptors (Lipinski definition) is 6. The van der Waals surface area contributed by atoms with Crippen molar-refractivity contribution in [3.05, 3.63) is 77.8 Å². The number of amides is 2. The fourth-order valence-corrected chi connectivity index (χ4v) is 3.87. The van der Waals surface area contributed by atoms with Gasteiger partial charge in [-0.2, -0.15) is 0 Å². The van der Waals surface area contributed by atoms with Gasteiger partial charge >= 0.3 is 6.09 Å². The summed E-state index contributed by atoms with van der Waals surface area (Å²) < 4.78 is 20.2. The molecule has 2 atom stereocenters. The van der Waals surface area contributed by atoms with Crippen molar-refractivity contribution in [1.29, 1.82) is 0 Å². The van der Waals surface area contributed by atoms with Crippen LogP contribution in [0.4, 0.5) is 14.9 Å². The lowest BCUT2D eigenvalue weighted by atomic mass is 10.0. The van der Waals surface area contributed by atoms with Crippen molar-refractivity contribution in [2.75, 3.05) is 24.5 Å². The molecule has 34 heavy (non-hydrogen) atoms. The lowest BCUT2D eigenvalue weighted by Gasteiger charge is -2.19. The minimum atomic E-state index is -0.559. The first kappa shape index (κ1) is 23.5. The van der Waals surface area contributed by atoms with E-state index in [2.05, 4.69) is 16.0 Å². The standard InChI is InChI=1S/C25H28FN5O3/c1-16(32)30-14-21-15-31(25(33)34-21)20-8-9-22(23(26)11-20)18-6-4-17(5-7-18)12-28-13-19-3-2-10-29-24(19)27/h2-11,21,24,28-29H,12-15,27H2,1H3,(H,30,32)/t21-,24?/m0/s1. The third-order valence-electron chi connectivity index (χ3n) is 5.72. The van der Waals surface area contributed by atoms with Gasteiger partial charge in [0.15, 0.2) is 0 Å². The minimum Gasteiger partial charge on any atom is -0.442 e. The number of anilines is 1. The Morgan fingerprint density at radius 3 is 2.74 bits per heavy atom. The topological polar surface area (TPSA) is 109 Å². The molecular formula is C25H28FN5O3. The van der Waals surface area contributed by atoms with E-state index in [0.717, 1.165) is 16.7 Å². The molecule has 178 valence electrons. The van der Waals surface area contributed by atoms with Gasteiger partial charge in [-0.1, -0.05) is 30.3 Å². The average molecular weight is 466 g/mol. The Hall–Kier alpha value is -3.69. The number of dihydropyridines is 1. The highest BCUT2D eigenvalue weighted by Crippen LogP contribution is 2.29. The molecule has 9 heteroatoms. The lowest BCUT2D eigenvalue weighted by Crippen LogP contribution is -2.40. The monoisotopic (exact) mass is 465 g/mol. The molecule has 2 aromatic rings. The predicted molar refractivity (Wildman–Crippen MR) is 128 cm³/mol. The normalized spacial score (nSPS) is 19.4. The predicted octanol–water partition coefficient (Wildman–Crippen LogP) is 2.37. The van der Waals surface area contributed by atoms with Gasteiger partial charge in [0.25, 0.3) is 0 Å². The third kappa shape index (κ3) is 5.62. The van der Waals surface area contributed by atoms with Crippen molar-refractivity contribution in [2.45, 2.75) is 25.7 Å². The van der Waals surface area contributed by atoms with Crippen molar-refractivity contribution < 1.29 is 18.7 Å². The van der Waals surface area contributed by atoms with Gasteiger partial charge in [0.1, 0.15) is 11.9 Å². The van der Waals surface area contributed by atoms with Gasteiger partial charge in [0.05, 0.1) is 24.9 Å². The van der Waals surface area contributed by atoms with Gasteiger partial charge in [-0.05, 0) is 47.2 Å². The Kier molecular flexibility index (Phi) is 7.24. The Morgan fingerprint density at radius 2 is 2.03 bits per heavy atom. The number of nitrogens with one attached hydrogen (secondary N) is 3. The van der Waals surface area contributed by atoms with E-state index in [-0.39, 0.29) is 25.2 Å². The van der Waals surface area contributed by atoms with E-state index in [9.17, 15) is 14.0 Å². The molecule has 0 saturated carbocycles. The van der Waals surface area contributed by atoms with E-state index in [1.165, 1.54) is 17.9 Å². The van der Waals surface area contributed by atoms with Gasteiger partial charge in [-0.15, -0.1) is 0 Å². The summed E-state index contributed by atoms with van der Waals surface area (Å²) in [6, 6.07) is 12.3. The van der Waals surface area contributed by atoms with Crippen LogP contribution in [0.2, 0.25) is 0 Å². The molecule has 0 spiro atoms. The van der Waals surface area contributed by atoms with Crippen molar-refractivity contribution in [2.24, 2.45) is 5.73 Å². The number of carbonyl (C=O) groups is 2. The molecule has 2 amide bonds. The van der Waals surface area contributed by atoms with Gasteiger partial charge in [-0.25, -0.2) is 9.18 Å². The average Bonchev–Trinajstić information content (AvgIpc) is 3.20. The zero-order valence-corrected chi connectivity index (χ0v) is 18.9. The van der Waals surface area contributed by atoms with Crippen LogP contribution in [0, 0.1) is 5.82 Å². The molecule has 1 saturated heterocycles. The van der Waals surface area contributed by atoms with E-state index in [0.29, 0.717) is 24.3 Å². The summed E-state index contributed by atoms with van der Waals surface area (Å²) in [4.78, 5) is 24.6. The maximum Gasteiger partial charge on any atom is 0.414 e. The molecule has 0 aromatic heterocycles. The number of carbonyl (C=O) groups excluding carboxylic acids is 2. The second kappa shape index (κ2) is 10.5. The summed E-state index contributed by atoms with van der Waals surface area (Å²) in [5.41, 5.74) is 9.74. The first-order valence-corrected chi connectivity index (χ1v) is 11.1. The fourth-order valence-electron chi connectivity index (χ4n) is 3.87.